The van der Waals surface area contributed by atoms with Crippen LogP contribution in [0.5, 0.6) is 0 Å². The first-order valence-corrected chi connectivity index (χ1v) is 2.54. The van der Waals surface area contributed by atoms with Gasteiger partial charge in [0.05, 0.1) is 6.26 Å². The highest BCUT2D eigenvalue weighted by molar-refractivity contribution is 5.20. The first kappa shape index (κ1) is 6.88. The minimum atomic E-state index is -1.31. The summed E-state index contributed by atoms with van der Waals surface area (Å²) in [5, 5.41) is 8.78. The molecule has 5 heteroatoms. The van der Waals surface area contributed by atoms with Gasteiger partial charge in [-0.15, -0.1) is 0 Å². The summed E-state index contributed by atoms with van der Waals surface area (Å²) in [6.07, 6.45) is 0.952. The molecule has 1 unspecified atom stereocenters. The number of aliphatic hydroxyl groups excluding tert-OH is 1. The van der Waals surface area contributed by atoms with E-state index in [0.29, 0.717) is 0 Å². The lowest BCUT2D eigenvalue weighted by Gasteiger charge is -2.14. The SMILES string of the molecule is NC1=C(OF)C=COC1O. The average molecular weight is 147 g/mol. The van der Waals surface area contributed by atoms with E-state index in [2.05, 4.69) is 9.68 Å². The van der Waals surface area contributed by atoms with E-state index in [0.717, 1.165) is 6.26 Å². The van der Waals surface area contributed by atoms with Crippen molar-refractivity contribution in [2.75, 3.05) is 0 Å². The van der Waals surface area contributed by atoms with Gasteiger partial charge in [0.25, 0.3) is 0 Å². The topological polar surface area (TPSA) is 64.7 Å². The molecule has 10 heavy (non-hydrogen) atoms. The van der Waals surface area contributed by atoms with E-state index in [1.54, 1.807) is 0 Å². The van der Waals surface area contributed by atoms with Crippen molar-refractivity contribution in [1.82, 2.24) is 0 Å². The highest BCUT2D eigenvalue weighted by atomic mass is 19.3. The van der Waals surface area contributed by atoms with E-state index in [4.69, 9.17) is 10.8 Å². The summed E-state index contributed by atoms with van der Waals surface area (Å²) in [5.74, 6) is -0.223. The molecule has 0 bridgehead atoms. The quantitative estimate of drug-likeness (QED) is 0.544. The molecule has 1 atom stereocenters. The zero-order valence-electron chi connectivity index (χ0n) is 4.95. The molecule has 0 spiro atoms. The molecular weight excluding hydrogens is 141 g/mol. The number of allylic oxidation sites excluding steroid dienone is 1. The lowest BCUT2D eigenvalue weighted by atomic mass is 10.3. The fourth-order valence-electron chi connectivity index (χ4n) is 0.537. The number of rotatable bonds is 1. The van der Waals surface area contributed by atoms with Crippen LogP contribution in [-0.4, -0.2) is 11.4 Å². The van der Waals surface area contributed by atoms with Crippen molar-refractivity contribution < 1.29 is 19.3 Å². The number of halogens is 1. The summed E-state index contributed by atoms with van der Waals surface area (Å²) in [7, 11) is 0. The molecule has 1 heterocycles. The van der Waals surface area contributed by atoms with E-state index in [9.17, 15) is 4.53 Å². The maximum absolute atomic E-state index is 11.4. The highest BCUT2D eigenvalue weighted by Crippen LogP contribution is 2.13. The zero-order chi connectivity index (χ0) is 7.56. The molecule has 0 aromatic carbocycles. The van der Waals surface area contributed by atoms with Crippen LogP contribution in [0.25, 0.3) is 0 Å². The van der Waals surface area contributed by atoms with E-state index in [-0.39, 0.29) is 11.5 Å². The van der Waals surface area contributed by atoms with Gasteiger partial charge in [-0.3, -0.25) is 4.94 Å². The van der Waals surface area contributed by atoms with Crippen molar-refractivity contribution in [1.29, 1.82) is 0 Å². The number of aliphatic hydroxyl groups is 1. The molecule has 0 aromatic rings. The molecule has 0 amide bonds. The van der Waals surface area contributed by atoms with Crippen LogP contribution >= 0.6 is 0 Å². The predicted octanol–water partition coefficient (Wildman–Crippen LogP) is -0.0799. The van der Waals surface area contributed by atoms with Crippen LogP contribution < -0.4 is 5.73 Å². The van der Waals surface area contributed by atoms with Gasteiger partial charge in [-0.2, -0.15) is 0 Å². The van der Waals surface area contributed by atoms with E-state index >= 15 is 0 Å². The van der Waals surface area contributed by atoms with Gasteiger partial charge >= 0.3 is 0 Å². The Bertz CT molecular complexity index is 189. The summed E-state index contributed by atoms with van der Waals surface area (Å²) in [6, 6.07) is 0. The molecule has 4 nitrogen and oxygen atoms in total. The summed E-state index contributed by atoms with van der Waals surface area (Å²) in [5.41, 5.74) is 4.95. The van der Waals surface area contributed by atoms with Crippen molar-refractivity contribution in [3.8, 4) is 0 Å². The Morgan fingerprint density at radius 3 is 3.00 bits per heavy atom. The smallest absolute Gasteiger partial charge is 0.241 e. The van der Waals surface area contributed by atoms with Crippen molar-refractivity contribution in [3.05, 3.63) is 23.8 Å². The first-order chi connectivity index (χ1) is 4.75. The number of hydrogen-bond acceptors (Lipinski definition) is 4. The average Bonchev–Trinajstić information content (AvgIpc) is 1.95. The third kappa shape index (κ3) is 1.03. The van der Waals surface area contributed by atoms with Crippen LogP contribution in [-0.2, 0) is 9.68 Å². The van der Waals surface area contributed by atoms with Crippen molar-refractivity contribution >= 4 is 0 Å². The fourth-order valence-corrected chi connectivity index (χ4v) is 0.537. The molecule has 1 aliphatic rings. The molecule has 56 valence electrons. The van der Waals surface area contributed by atoms with Gasteiger partial charge in [0.1, 0.15) is 5.70 Å². The molecule has 0 saturated heterocycles. The summed E-state index contributed by atoms with van der Waals surface area (Å²) in [4.78, 5) is 3.30. The minimum Gasteiger partial charge on any atom is -0.467 e. The Balaban J connectivity index is 2.82. The molecule has 0 aromatic heterocycles. The van der Waals surface area contributed by atoms with E-state index in [1.807, 2.05) is 0 Å². The van der Waals surface area contributed by atoms with E-state index in [1.165, 1.54) is 6.08 Å². The van der Waals surface area contributed by atoms with Gasteiger partial charge in [-0.25, -0.2) is 0 Å². The van der Waals surface area contributed by atoms with Gasteiger partial charge in [-0.1, -0.05) is 0 Å². The predicted molar refractivity (Wildman–Crippen MR) is 29.6 cm³/mol. The Morgan fingerprint density at radius 1 is 1.80 bits per heavy atom. The third-order valence-corrected chi connectivity index (χ3v) is 1.06. The molecular formula is C5H6FNO3. The standard InChI is InChI=1S/C5H6FNO3/c6-10-3-1-2-9-5(8)4(3)7/h1-2,5,8H,7H2. The van der Waals surface area contributed by atoms with Crippen LogP contribution in [0.2, 0.25) is 0 Å². The molecule has 1 aliphatic heterocycles. The number of nitrogens with two attached hydrogens (primary N) is 1. The molecule has 0 aliphatic carbocycles. The summed E-state index contributed by atoms with van der Waals surface area (Å²) >= 11 is 0. The van der Waals surface area contributed by atoms with Gasteiger partial charge in [0.2, 0.25) is 6.29 Å². The zero-order valence-corrected chi connectivity index (χ0v) is 4.95. The Labute approximate surface area is 56.2 Å². The monoisotopic (exact) mass is 147 g/mol. The molecule has 1 rings (SSSR count). The molecule has 0 saturated carbocycles. The van der Waals surface area contributed by atoms with Crippen molar-refractivity contribution in [2.24, 2.45) is 5.73 Å². The van der Waals surface area contributed by atoms with Gasteiger partial charge in [0.15, 0.2) is 5.76 Å². The maximum atomic E-state index is 11.4. The lowest BCUT2D eigenvalue weighted by Crippen LogP contribution is -2.23. The van der Waals surface area contributed by atoms with Crippen LogP contribution in [0.3, 0.4) is 0 Å². The summed E-state index contributed by atoms with van der Waals surface area (Å²) in [6.45, 7) is 0. The van der Waals surface area contributed by atoms with Gasteiger partial charge < -0.3 is 15.6 Å². The third-order valence-electron chi connectivity index (χ3n) is 1.06. The minimum absolute atomic E-state index is 0.176. The molecule has 0 radical (unpaired) electrons. The molecule has 3 N–H and O–H groups in total. The lowest BCUT2D eigenvalue weighted by molar-refractivity contribution is -0.0933. The fraction of sp³-hybridized carbons (Fsp3) is 0.200. The van der Waals surface area contributed by atoms with Crippen LogP contribution in [0.4, 0.5) is 4.53 Å². The van der Waals surface area contributed by atoms with Crippen LogP contribution in [0.1, 0.15) is 0 Å². The summed E-state index contributed by atoms with van der Waals surface area (Å²) < 4.78 is 15.9. The van der Waals surface area contributed by atoms with Crippen LogP contribution in [0, 0.1) is 0 Å². The van der Waals surface area contributed by atoms with Gasteiger partial charge in [-0.05, 0) is 0 Å². The number of ether oxygens (including phenoxy) is 1. The second kappa shape index (κ2) is 2.57. The van der Waals surface area contributed by atoms with Crippen molar-refractivity contribution in [2.45, 2.75) is 6.29 Å². The van der Waals surface area contributed by atoms with Crippen LogP contribution in [0.15, 0.2) is 23.8 Å². The first-order valence-electron chi connectivity index (χ1n) is 2.54. The van der Waals surface area contributed by atoms with E-state index < -0.39 is 6.29 Å². The number of hydrogen-bond donors (Lipinski definition) is 2. The van der Waals surface area contributed by atoms with Crippen molar-refractivity contribution in [3.63, 3.8) is 0 Å². The Hall–Kier alpha value is -1.23. The second-order valence-corrected chi connectivity index (χ2v) is 1.69. The second-order valence-electron chi connectivity index (χ2n) is 1.69. The largest absolute Gasteiger partial charge is 0.467 e. The maximum Gasteiger partial charge on any atom is 0.241 e. The molecule has 0 fully saturated rings. The highest BCUT2D eigenvalue weighted by Gasteiger charge is 2.17. The Morgan fingerprint density at radius 2 is 2.50 bits per heavy atom. The van der Waals surface area contributed by atoms with Gasteiger partial charge in [0, 0.05) is 10.6 Å². The Kier molecular flexibility index (Phi) is 1.77. The normalized spacial score (nSPS) is 24.4.